The first-order valence-electron chi connectivity index (χ1n) is 6.30. The predicted molar refractivity (Wildman–Crippen MR) is 71.8 cm³/mol. The molecule has 0 bridgehead atoms. The van der Waals surface area contributed by atoms with Gasteiger partial charge >= 0.3 is 0 Å². The first kappa shape index (κ1) is 11.1. The van der Waals surface area contributed by atoms with Crippen LogP contribution in [-0.2, 0) is 6.42 Å². The van der Waals surface area contributed by atoms with Crippen LogP contribution < -0.4 is 4.74 Å². The number of hydrogen-bond donors (Lipinski definition) is 0. The second-order valence-electron chi connectivity index (χ2n) is 4.79. The van der Waals surface area contributed by atoms with E-state index in [0.29, 0.717) is 12.3 Å². The normalized spacial score (nSPS) is 17.4. The average Bonchev–Trinajstić information content (AvgIpc) is 2.42. The van der Waals surface area contributed by atoms with Crippen molar-refractivity contribution in [2.24, 2.45) is 0 Å². The standard InChI is InChI=1S/C16H15NO/c1-18-15-8-6-12-3-2-4-13-11(9-10-17)5-7-14(15)16(12)13/h2-4,6,8,11H,5,7,9H2,1H3/t11-/m1/s1. The van der Waals surface area contributed by atoms with Crippen LogP contribution in [0.1, 0.15) is 29.9 Å². The number of aryl methyl sites for hydroxylation is 1. The van der Waals surface area contributed by atoms with Crippen LogP contribution in [0.3, 0.4) is 0 Å². The Morgan fingerprint density at radius 2 is 2.22 bits per heavy atom. The third-order valence-corrected chi connectivity index (χ3v) is 3.88. The fourth-order valence-corrected chi connectivity index (χ4v) is 3.04. The lowest BCUT2D eigenvalue weighted by Gasteiger charge is -2.25. The minimum atomic E-state index is 0.373. The Balaban J connectivity index is 2.29. The van der Waals surface area contributed by atoms with Crippen LogP contribution in [0.2, 0.25) is 0 Å². The maximum atomic E-state index is 8.95. The summed E-state index contributed by atoms with van der Waals surface area (Å²) in [7, 11) is 1.72. The summed E-state index contributed by atoms with van der Waals surface area (Å²) in [6.45, 7) is 0. The highest BCUT2D eigenvalue weighted by molar-refractivity contribution is 5.92. The van der Waals surface area contributed by atoms with Crippen molar-refractivity contribution >= 4 is 10.8 Å². The van der Waals surface area contributed by atoms with E-state index < -0.39 is 0 Å². The molecular formula is C16H15NO. The van der Waals surface area contributed by atoms with E-state index in [-0.39, 0.29) is 0 Å². The van der Waals surface area contributed by atoms with E-state index in [1.807, 2.05) is 6.07 Å². The Bertz CT molecular complexity index is 639. The van der Waals surface area contributed by atoms with Crippen LogP contribution in [0.4, 0.5) is 0 Å². The monoisotopic (exact) mass is 237 g/mol. The molecule has 0 heterocycles. The number of hydrogen-bond acceptors (Lipinski definition) is 2. The van der Waals surface area contributed by atoms with Gasteiger partial charge in [0.15, 0.2) is 0 Å². The predicted octanol–water partition coefficient (Wildman–Crippen LogP) is 3.79. The van der Waals surface area contributed by atoms with E-state index in [1.165, 1.54) is 21.9 Å². The number of nitrogens with zero attached hydrogens (tertiary/aromatic N) is 1. The highest BCUT2D eigenvalue weighted by atomic mass is 16.5. The quantitative estimate of drug-likeness (QED) is 0.796. The van der Waals surface area contributed by atoms with Crippen LogP contribution in [0, 0.1) is 11.3 Å². The number of ether oxygens (including phenoxy) is 1. The van der Waals surface area contributed by atoms with Crippen molar-refractivity contribution in [1.82, 2.24) is 0 Å². The van der Waals surface area contributed by atoms with Crippen LogP contribution >= 0.6 is 0 Å². The minimum absolute atomic E-state index is 0.373. The first-order chi connectivity index (χ1) is 8.85. The molecule has 1 aliphatic carbocycles. The topological polar surface area (TPSA) is 33.0 Å². The van der Waals surface area contributed by atoms with Gasteiger partial charge in [-0.1, -0.05) is 24.3 Å². The van der Waals surface area contributed by atoms with Gasteiger partial charge in [-0.25, -0.2) is 0 Å². The van der Waals surface area contributed by atoms with Crippen molar-refractivity contribution in [2.45, 2.75) is 25.2 Å². The summed E-state index contributed by atoms with van der Waals surface area (Å²) in [6, 6.07) is 12.8. The zero-order valence-corrected chi connectivity index (χ0v) is 10.4. The smallest absolute Gasteiger partial charge is 0.122 e. The molecule has 2 aromatic rings. The summed E-state index contributed by atoms with van der Waals surface area (Å²) in [6.07, 6.45) is 2.65. The van der Waals surface area contributed by atoms with Gasteiger partial charge in [0.2, 0.25) is 0 Å². The van der Waals surface area contributed by atoms with E-state index in [0.717, 1.165) is 18.6 Å². The Morgan fingerprint density at radius 1 is 1.33 bits per heavy atom. The molecule has 2 aromatic carbocycles. The maximum Gasteiger partial charge on any atom is 0.122 e. The molecule has 2 heteroatoms. The van der Waals surface area contributed by atoms with E-state index in [4.69, 9.17) is 10.00 Å². The molecule has 90 valence electrons. The molecule has 1 atom stereocenters. The van der Waals surface area contributed by atoms with Crippen LogP contribution in [0.5, 0.6) is 5.75 Å². The van der Waals surface area contributed by atoms with Gasteiger partial charge in [0.1, 0.15) is 5.75 Å². The SMILES string of the molecule is COc1ccc2cccc3c2c1CC[C@@H]3CC#N. The molecule has 0 aliphatic heterocycles. The fraction of sp³-hybridized carbons (Fsp3) is 0.312. The third-order valence-electron chi connectivity index (χ3n) is 3.88. The van der Waals surface area contributed by atoms with Crippen molar-refractivity contribution in [3.05, 3.63) is 41.5 Å². The Morgan fingerprint density at radius 3 is 3.00 bits per heavy atom. The lowest BCUT2D eigenvalue weighted by atomic mass is 9.80. The number of methoxy groups -OCH3 is 1. The second kappa shape index (κ2) is 4.34. The summed E-state index contributed by atoms with van der Waals surface area (Å²) in [5.74, 6) is 1.35. The van der Waals surface area contributed by atoms with Crippen molar-refractivity contribution in [3.63, 3.8) is 0 Å². The van der Waals surface area contributed by atoms with Gasteiger partial charge in [0.05, 0.1) is 13.2 Å². The summed E-state index contributed by atoms with van der Waals surface area (Å²) < 4.78 is 5.46. The number of benzene rings is 2. The average molecular weight is 237 g/mol. The number of nitriles is 1. The molecule has 0 amide bonds. The fourth-order valence-electron chi connectivity index (χ4n) is 3.04. The van der Waals surface area contributed by atoms with Crippen molar-refractivity contribution in [2.75, 3.05) is 7.11 Å². The molecule has 0 saturated heterocycles. The lowest BCUT2D eigenvalue weighted by Crippen LogP contribution is -2.09. The third kappa shape index (κ3) is 1.55. The Hall–Kier alpha value is -2.01. The van der Waals surface area contributed by atoms with Gasteiger partial charge in [-0.15, -0.1) is 0 Å². The van der Waals surface area contributed by atoms with E-state index in [1.54, 1.807) is 7.11 Å². The summed E-state index contributed by atoms with van der Waals surface area (Å²) >= 11 is 0. The van der Waals surface area contributed by atoms with Crippen molar-refractivity contribution in [3.8, 4) is 11.8 Å². The molecule has 2 nitrogen and oxygen atoms in total. The minimum Gasteiger partial charge on any atom is -0.496 e. The molecular weight excluding hydrogens is 222 g/mol. The van der Waals surface area contributed by atoms with Crippen molar-refractivity contribution in [1.29, 1.82) is 5.26 Å². The molecule has 0 unspecified atom stereocenters. The van der Waals surface area contributed by atoms with Gasteiger partial charge in [-0.3, -0.25) is 0 Å². The maximum absolute atomic E-state index is 8.95. The van der Waals surface area contributed by atoms with Crippen molar-refractivity contribution < 1.29 is 4.74 Å². The Kier molecular flexibility index (Phi) is 2.68. The molecule has 0 aromatic heterocycles. The van der Waals surface area contributed by atoms with Gasteiger partial charge in [-0.05, 0) is 41.2 Å². The summed E-state index contributed by atoms with van der Waals surface area (Å²) in [4.78, 5) is 0. The Labute approximate surface area is 107 Å². The zero-order chi connectivity index (χ0) is 12.5. The lowest BCUT2D eigenvalue weighted by molar-refractivity contribution is 0.408. The van der Waals surface area contributed by atoms with E-state index in [9.17, 15) is 0 Å². The van der Waals surface area contributed by atoms with E-state index in [2.05, 4.69) is 30.3 Å². The second-order valence-corrected chi connectivity index (χ2v) is 4.79. The summed E-state index contributed by atoms with van der Waals surface area (Å²) in [5, 5.41) is 11.5. The van der Waals surface area contributed by atoms with Gasteiger partial charge in [0, 0.05) is 12.0 Å². The highest BCUT2D eigenvalue weighted by Crippen LogP contribution is 2.41. The molecule has 0 radical (unpaired) electrons. The molecule has 0 fully saturated rings. The highest BCUT2D eigenvalue weighted by Gasteiger charge is 2.23. The van der Waals surface area contributed by atoms with Crippen LogP contribution in [0.15, 0.2) is 30.3 Å². The summed E-state index contributed by atoms with van der Waals surface area (Å²) in [5.41, 5.74) is 2.62. The largest absolute Gasteiger partial charge is 0.496 e. The molecule has 0 spiro atoms. The van der Waals surface area contributed by atoms with Gasteiger partial charge < -0.3 is 4.74 Å². The first-order valence-corrected chi connectivity index (χ1v) is 6.30. The van der Waals surface area contributed by atoms with Crippen LogP contribution in [0.25, 0.3) is 10.8 Å². The zero-order valence-electron chi connectivity index (χ0n) is 10.4. The van der Waals surface area contributed by atoms with Crippen LogP contribution in [-0.4, -0.2) is 7.11 Å². The van der Waals surface area contributed by atoms with Gasteiger partial charge in [0.25, 0.3) is 0 Å². The molecule has 1 aliphatic rings. The molecule has 18 heavy (non-hydrogen) atoms. The molecule has 3 rings (SSSR count). The van der Waals surface area contributed by atoms with E-state index >= 15 is 0 Å². The molecule has 0 saturated carbocycles. The molecule has 0 N–H and O–H groups in total. The number of rotatable bonds is 2. The van der Waals surface area contributed by atoms with Gasteiger partial charge in [-0.2, -0.15) is 5.26 Å².